The molecule has 0 spiro atoms. The van der Waals surface area contributed by atoms with Gasteiger partial charge in [-0.2, -0.15) is 0 Å². The smallest absolute Gasteiger partial charge is 0.323 e. The fraction of sp³-hybridized carbons (Fsp3) is 0.107. The number of nitrogens with zero attached hydrogens (tertiary/aromatic N) is 3. The number of amides is 2. The van der Waals surface area contributed by atoms with Gasteiger partial charge in [-0.05, 0) is 30.3 Å². The van der Waals surface area contributed by atoms with Crippen LogP contribution < -0.4 is 25.4 Å². The van der Waals surface area contributed by atoms with Gasteiger partial charge in [0.15, 0.2) is 11.5 Å². The molecule has 0 aliphatic rings. The van der Waals surface area contributed by atoms with Gasteiger partial charge in [0.2, 0.25) is 0 Å². The van der Waals surface area contributed by atoms with Gasteiger partial charge in [-0.15, -0.1) is 0 Å². The maximum atomic E-state index is 12.4. The zero-order chi connectivity index (χ0) is 25.6. The van der Waals surface area contributed by atoms with Gasteiger partial charge in [0.05, 0.1) is 19.9 Å². The molecule has 0 atom stereocenters. The van der Waals surface area contributed by atoms with Crippen LogP contribution in [0.4, 0.5) is 22.0 Å². The number of methoxy groups -OCH3 is 2. The van der Waals surface area contributed by atoms with Crippen molar-refractivity contribution in [3.05, 3.63) is 97.0 Å². The maximum Gasteiger partial charge on any atom is 0.323 e. The van der Waals surface area contributed by atoms with Gasteiger partial charge in [0, 0.05) is 53.7 Å². The third-order valence-corrected chi connectivity index (χ3v) is 5.78. The molecule has 9 nitrogen and oxygen atoms in total. The predicted molar refractivity (Wildman–Crippen MR) is 144 cm³/mol. The van der Waals surface area contributed by atoms with E-state index < -0.39 is 0 Å². The first-order chi connectivity index (χ1) is 18.1. The van der Waals surface area contributed by atoms with E-state index in [4.69, 9.17) is 14.5 Å². The highest BCUT2D eigenvalue weighted by Gasteiger charge is 2.11. The Balaban J connectivity index is 1.31. The first kappa shape index (κ1) is 23.7. The number of benzene rings is 3. The average molecular weight is 495 g/mol. The lowest BCUT2D eigenvalue weighted by Crippen LogP contribution is -2.19. The lowest BCUT2D eigenvalue weighted by Gasteiger charge is -2.12. The molecule has 0 saturated heterocycles. The summed E-state index contributed by atoms with van der Waals surface area (Å²) in [6, 6.07) is 22.2. The van der Waals surface area contributed by atoms with E-state index >= 15 is 0 Å². The summed E-state index contributed by atoms with van der Waals surface area (Å²) in [4.78, 5) is 21.7. The van der Waals surface area contributed by atoms with Crippen LogP contribution >= 0.6 is 0 Å². The Morgan fingerprint density at radius 1 is 0.919 bits per heavy atom. The summed E-state index contributed by atoms with van der Waals surface area (Å²) in [6.07, 6.45) is 5.55. The monoisotopic (exact) mass is 494 g/mol. The highest BCUT2D eigenvalue weighted by Crippen LogP contribution is 2.25. The highest BCUT2D eigenvalue weighted by atomic mass is 16.5. The molecule has 2 aromatic heterocycles. The third-order valence-electron chi connectivity index (χ3n) is 5.78. The van der Waals surface area contributed by atoms with Crippen molar-refractivity contribution in [1.82, 2.24) is 14.4 Å². The molecule has 0 unspecified atom stereocenters. The number of carbonyl (C=O) groups is 1. The van der Waals surface area contributed by atoms with Gasteiger partial charge in [-0.25, -0.2) is 14.8 Å². The van der Waals surface area contributed by atoms with Gasteiger partial charge in [0.25, 0.3) is 0 Å². The van der Waals surface area contributed by atoms with Crippen LogP contribution in [0.2, 0.25) is 0 Å². The van der Waals surface area contributed by atoms with Crippen LogP contribution in [-0.4, -0.2) is 34.6 Å². The van der Waals surface area contributed by atoms with Gasteiger partial charge in [0.1, 0.15) is 11.5 Å². The van der Waals surface area contributed by atoms with Crippen LogP contribution in [0.25, 0.3) is 16.9 Å². The molecule has 9 heteroatoms. The normalized spacial score (nSPS) is 10.6. The summed E-state index contributed by atoms with van der Waals surface area (Å²) in [5, 5.41) is 9.04. The number of aromatic nitrogens is 3. The number of urea groups is 1. The highest BCUT2D eigenvalue weighted by molar-refractivity contribution is 6.00. The number of fused-ring (bicyclic) bond motifs is 1. The molecule has 186 valence electrons. The molecule has 2 heterocycles. The van der Waals surface area contributed by atoms with Gasteiger partial charge in [-0.3, -0.25) is 0 Å². The number of carbonyl (C=O) groups excluding carboxylic acids is 1. The topological polar surface area (TPSA) is 102 Å². The number of imidazole rings is 1. The molecule has 5 aromatic rings. The molecule has 3 aromatic carbocycles. The van der Waals surface area contributed by atoms with E-state index in [0.717, 1.165) is 28.2 Å². The predicted octanol–water partition coefficient (Wildman–Crippen LogP) is 5.67. The minimum Gasteiger partial charge on any atom is -0.497 e. The van der Waals surface area contributed by atoms with Crippen LogP contribution in [0.3, 0.4) is 0 Å². The summed E-state index contributed by atoms with van der Waals surface area (Å²) < 4.78 is 12.6. The van der Waals surface area contributed by atoms with Crippen molar-refractivity contribution in [2.75, 3.05) is 30.2 Å². The fourth-order valence-corrected chi connectivity index (χ4v) is 3.94. The van der Waals surface area contributed by atoms with E-state index in [1.807, 2.05) is 77.5 Å². The molecule has 37 heavy (non-hydrogen) atoms. The largest absolute Gasteiger partial charge is 0.497 e. The number of hydrogen-bond donors (Lipinski definition) is 3. The number of anilines is 3. The van der Waals surface area contributed by atoms with Crippen molar-refractivity contribution in [2.24, 2.45) is 0 Å². The Bertz CT molecular complexity index is 1530. The molecule has 0 bridgehead atoms. The molecule has 0 fully saturated rings. The van der Waals surface area contributed by atoms with Crippen molar-refractivity contribution >= 4 is 28.9 Å². The van der Waals surface area contributed by atoms with Crippen molar-refractivity contribution in [3.63, 3.8) is 0 Å². The molecule has 3 N–H and O–H groups in total. The molecule has 5 rings (SSSR count). The first-order valence-corrected chi connectivity index (χ1v) is 11.6. The number of ether oxygens (including phenoxy) is 2. The average Bonchev–Trinajstić information content (AvgIpc) is 3.41. The van der Waals surface area contributed by atoms with Crippen LogP contribution in [0.5, 0.6) is 11.5 Å². The first-order valence-electron chi connectivity index (χ1n) is 11.6. The summed E-state index contributed by atoms with van der Waals surface area (Å²) >= 11 is 0. The van der Waals surface area contributed by atoms with Crippen molar-refractivity contribution in [3.8, 4) is 22.8 Å². The van der Waals surface area contributed by atoms with Gasteiger partial charge >= 0.3 is 6.03 Å². The summed E-state index contributed by atoms with van der Waals surface area (Å²) in [5.41, 5.74) is 4.70. The number of hydrogen-bond acceptors (Lipinski definition) is 6. The Morgan fingerprint density at radius 2 is 1.73 bits per heavy atom. The van der Waals surface area contributed by atoms with Gasteiger partial charge < -0.3 is 29.8 Å². The van der Waals surface area contributed by atoms with E-state index in [2.05, 4.69) is 20.9 Å². The summed E-state index contributed by atoms with van der Waals surface area (Å²) in [7, 11) is 3.24. The summed E-state index contributed by atoms with van der Waals surface area (Å²) in [5.74, 6) is 2.14. The molecule has 0 radical (unpaired) electrons. The SMILES string of the molecule is COc1cccc(NC(=O)Nc2ccc(-c3cn4ccnc4c(NCc4ccccc4OC)n3)cc2)c1. The molecule has 0 aliphatic heterocycles. The molecular formula is C28H26N6O3. The van der Waals surface area contributed by atoms with Crippen LogP contribution in [-0.2, 0) is 6.54 Å². The maximum absolute atomic E-state index is 12.4. The van der Waals surface area contributed by atoms with E-state index in [0.29, 0.717) is 29.5 Å². The Morgan fingerprint density at radius 3 is 2.54 bits per heavy atom. The lowest BCUT2D eigenvalue weighted by atomic mass is 10.1. The van der Waals surface area contributed by atoms with Crippen molar-refractivity contribution in [2.45, 2.75) is 6.54 Å². The van der Waals surface area contributed by atoms with Crippen LogP contribution in [0.1, 0.15) is 5.56 Å². The minimum absolute atomic E-state index is 0.346. The number of nitrogens with one attached hydrogen (secondary N) is 3. The van der Waals surface area contributed by atoms with Crippen molar-refractivity contribution < 1.29 is 14.3 Å². The molecule has 0 aliphatic carbocycles. The molecule has 2 amide bonds. The van der Waals surface area contributed by atoms with Crippen LogP contribution in [0.15, 0.2) is 91.4 Å². The van der Waals surface area contributed by atoms with Crippen LogP contribution in [0, 0.1) is 0 Å². The van der Waals surface area contributed by atoms with E-state index in [1.165, 1.54) is 0 Å². The number of rotatable bonds is 8. The van der Waals surface area contributed by atoms with E-state index in [1.54, 1.807) is 32.5 Å². The Labute approximate surface area is 214 Å². The second kappa shape index (κ2) is 10.7. The molecule has 0 saturated carbocycles. The van der Waals surface area contributed by atoms with E-state index in [9.17, 15) is 4.79 Å². The third kappa shape index (κ3) is 5.46. The fourth-order valence-electron chi connectivity index (χ4n) is 3.94. The molecular weight excluding hydrogens is 468 g/mol. The lowest BCUT2D eigenvalue weighted by molar-refractivity contribution is 0.262. The Kier molecular flexibility index (Phi) is 6.84. The standard InChI is InChI=1S/C28H26N6O3/c1-36-23-8-5-7-22(16-23)32-28(35)31-21-12-10-19(11-13-21)24-18-34-15-14-29-27(34)26(33-24)30-17-20-6-3-4-9-25(20)37-2/h3-16,18H,17H2,1-2H3,(H,30,33)(H2,31,32,35). The second-order valence-electron chi connectivity index (χ2n) is 8.19. The minimum atomic E-state index is -0.346. The Hall–Kier alpha value is -5.05. The van der Waals surface area contributed by atoms with Gasteiger partial charge in [-0.1, -0.05) is 36.4 Å². The zero-order valence-electron chi connectivity index (χ0n) is 20.4. The number of para-hydroxylation sites is 1. The zero-order valence-corrected chi connectivity index (χ0v) is 20.4. The van der Waals surface area contributed by atoms with E-state index in [-0.39, 0.29) is 6.03 Å². The van der Waals surface area contributed by atoms with Crippen molar-refractivity contribution in [1.29, 1.82) is 0 Å². The second-order valence-corrected chi connectivity index (χ2v) is 8.19. The quantitative estimate of drug-likeness (QED) is 0.257. The summed E-state index contributed by atoms with van der Waals surface area (Å²) in [6.45, 7) is 0.536.